The minimum atomic E-state index is -1.31. The molecule has 0 spiro atoms. The smallest absolute Gasteiger partial charge is 0.252 e. The Bertz CT molecular complexity index is 1250. The van der Waals surface area contributed by atoms with Crippen molar-refractivity contribution in [1.29, 1.82) is 0 Å². The number of hydrogen-bond donors (Lipinski definition) is 2. The molecule has 9 heteroatoms. The van der Waals surface area contributed by atoms with Crippen molar-refractivity contribution in [1.82, 2.24) is 20.4 Å². The summed E-state index contributed by atoms with van der Waals surface area (Å²) >= 11 is 0. The number of amides is 1. The fraction of sp³-hybridized carbons (Fsp3) is 0.273. The molecule has 0 aliphatic heterocycles. The maximum atomic E-state index is 13.4. The van der Waals surface area contributed by atoms with Gasteiger partial charge in [-0.2, -0.15) is 4.98 Å². The summed E-state index contributed by atoms with van der Waals surface area (Å²) < 4.78 is 24.4. The molecule has 2 heterocycles. The Balaban J connectivity index is 1.78. The van der Waals surface area contributed by atoms with Gasteiger partial charge < -0.3 is 19.4 Å². The molecule has 2 N–H and O–H groups in total. The number of halogens is 1. The molecule has 0 bridgehead atoms. The van der Waals surface area contributed by atoms with Crippen molar-refractivity contribution in [3.05, 3.63) is 65.4 Å². The monoisotopic (exact) mass is 424 g/mol. The van der Waals surface area contributed by atoms with Crippen LogP contribution in [-0.2, 0) is 5.60 Å². The molecule has 0 radical (unpaired) electrons. The second-order valence-electron chi connectivity index (χ2n) is 7.83. The van der Waals surface area contributed by atoms with Gasteiger partial charge in [0.05, 0.1) is 0 Å². The molecule has 1 amide bonds. The van der Waals surface area contributed by atoms with Crippen LogP contribution in [0.25, 0.3) is 22.2 Å². The number of fused-ring (bicyclic) bond motifs is 1. The fourth-order valence-electron chi connectivity index (χ4n) is 3.10. The van der Waals surface area contributed by atoms with Crippen LogP contribution in [-0.4, -0.2) is 26.1 Å². The summed E-state index contributed by atoms with van der Waals surface area (Å²) in [5.41, 5.74) is 0.968. The number of rotatable bonds is 5. The van der Waals surface area contributed by atoms with Crippen LogP contribution in [0.15, 0.2) is 45.3 Å². The molecule has 0 aliphatic carbocycles. The second kappa shape index (κ2) is 7.59. The first-order valence-corrected chi connectivity index (χ1v) is 9.66. The van der Waals surface area contributed by atoms with Crippen LogP contribution in [0.5, 0.6) is 0 Å². The molecule has 4 aromatic rings. The number of oxazole rings is 1. The zero-order valence-electron chi connectivity index (χ0n) is 17.4. The Labute approximate surface area is 177 Å². The molecule has 0 saturated heterocycles. The van der Waals surface area contributed by atoms with Gasteiger partial charge in [0.15, 0.2) is 11.4 Å². The molecule has 8 nitrogen and oxygen atoms in total. The Hall–Kier alpha value is -3.59. The van der Waals surface area contributed by atoms with Gasteiger partial charge >= 0.3 is 0 Å². The van der Waals surface area contributed by atoms with E-state index in [-0.39, 0.29) is 23.5 Å². The Morgan fingerprint density at radius 1 is 1.19 bits per heavy atom. The lowest BCUT2D eigenvalue weighted by atomic mass is 10.0. The number of carbonyl (C=O) groups excluding carboxylic acids is 1. The summed E-state index contributed by atoms with van der Waals surface area (Å²) in [6.07, 6.45) is 0. The third-order valence-corrected chi connectivity index (χ3v) is 4.69. The van der Waals surface area contributed by atoms with E-state index in [4.69, 9.17) is 8.94 Å². The van der Waals surface area contributed by atoms with E-state index >= 15 is 0 Å². The highest BCUT2D eigenvalue weighted by Crippen LogP contribution is 2.33. The van der Waals surface area contributed by atoms with Gasteiger partial charge in [0.25, 0.3) is 5.91 Å². The minimum absolute atomic E-state index is 0.109. The number of benzene rings is 2. The largest absolute Gasteiger partial charge is 0.437 e. The van der Waals surface area contributed by atoms with Crippen molar-refractivity contribution in [2.24, 2.45) is 0 Å². The second-order valence-corrected chi connectivity index (χ2v) is 7.83. The van der Waals surface area contributed by atoms with Crippen molar-refractivity contribution in [2.45, 2.75) is 39.3 Å². The standard InChI is InChI=1S/C22H21FN4O4/c1-11(20-25-12(2)27-31-20)24-19(28)14-9-16(13-5-7-15(23)8-6-13)18-17(10-14)26-21(30-18)22(3,4)29/h5-11,29H,1-4H3,(H,24,28)/t11-/m1/s1. The van der Waals surface area contributed by atoms with Crippen LogP contribution in [0.3, 0.4) is 0 Å². The summed E-state index contributed by atoms with van der Waals surface area (Å²) in [6, 6.07) is 8.51. The molecular formula is C22H21FN4O4. The Morgan fingerprint density at radius 2 is 1.90 bits per heavy atom. The first kappa shape index (κ1) is 20.7. The van der Waals surface area contributed by atoms with E-state index in [1.165, 1.54) is 12.1 Å². The van der Waals surface area contributed by atoms with Crippen LogP contribution in [0, 0.1) is 12.7 Å². The van der Waals surface area contributed by atoms with Crippen LogP contribution in [0.2, 0.25) is 0 Å². The molecule has 160 valence electrons. The van der Waals surface area contributed by atoms with Gasteiger partial charge in [0.2, 0.25) is 11.8 Å². The van der Waals surface area contributed by atoms with Crippen LogP contribution in [0.1, 0.15) is 54.8 Å². The third-order valence-electron chi connectivity index (χ3n) is 4.69. The quantitative estimate of drug-likeness (QED) is 0.497. The fourth-order valence-corrected chi connectivity index (χ4v) is 3.10. The van der Waals surface area contributed by atoms with Gasteiger partial charge in [0.1, 0.15) is 23.0 Å². The molecule has 2 aromatic carbocycles. The lowest BCUT2D eigenvalue weighted by Gasteiger charge is -2.11. The number of nitrogens with one attached hydrogen (secondary N) is 1. The van der Waals surface area contributed by atoms with Gasteiger partial charge in [-0.1, -0.05) is 17.3 Å². The number of nitrogens with zero attached hydrogens (tertiary/aromatic N) is 3. The SMILES string of the molecule is Cc1noc([C@@H](C)NC(=O)c2cc(-c3ccc(F)cc3)c3oc(C(C)(C)O)nc3c2)n1. The van der Waals surface area contributed by atoms with Gasteiger partial charge in [-0.3, -0.25) is 4.79 Å². The lowest BCUT2D eigenvalue weighted by molar-refractivity contribution is 0.0501. The Morgan fingerprint density at radius 3 is 2.52 bits per heavy atom. The molecule has 4 rings (SSSR count). The summed E-state index contributed by atoms with van der Waals surface area (Å²) in [4.78, 5) is 21.4. The van der Waals surface area contributed by atoms with Crippen molar-refractivity contribution < 1.29 is 23.2 Å². The summed E-state index contributed by atoms with van der Waals surface area (Å²) in [5, 5.41) is 16.8. The zero-order valence-corrected chi connectivity index (χ0v) is 17.4. The van der Waals surface area contributed by atoms with Gasteiger partial charge in [0, 0.05) is 11.1 Å². The summed E-state index contributed by atoms with van der Waals surface area (Å²) in [7, 11) is 0. The molecule has 0 saturated carbocycles. The molecule has 0 unspecified atom stereocenters. The highest BCUT2D eigenvalue weighted by atomic mass is 19.1. The summed E-state index contributed by atoms with van der Waals surface area (Å²) in [5.74, 6) is 0.0983. The summed E-state index contributed by atoms with van der Waals surface area (Å²) in [6.45, 7) is 6.52. The van der Waals surface area contributed by atoms with Gasteiger partial charge in [-0.25, -0.2) is 9.37 Å². The van der Waals surface area contributed by atoms with E-state index in [2.05, 4.69) is 20.4 Å². The molecule has 2 aromatic heterocycles. The third kappa shape index (κ3) is 4.17. The van der Waals surface area contributed by atoms with Crippen LogP contribution >= 0.6 is 0 Å². The van der Waals surface area contributed by atoms with E-state index in [0.29, 0.717) is 33.6 Å². The average Bonchev–Trinajstić information content (AvgIpc) is 3.34. The zero-order chi connectivity index (χ0) is 22.3. The van der Waals surface area contributed by atoms with Crippen molar-refractivity contribution in [3.63, 3.8) is 0 Å². The highest BCUT2D eigenvalue weighted by molar-refractivity contribution is 6.02. The van der Waals surface area contributed by atoms with Crippen molar-refractivity contribution in [2.75, 3.05) is 0 Å². The highest BCUT2D eigenvalue weighted by Gasteiger charge is 2.26. The number of aromatic nitrogens is 3. The van der Waals surface area contributed by atoms with Crippen molar-refractivity contribution >= 4 is 17.0 Å². The molecule has 0 fully saturated rings. The number of hydrogen-bond acceptors (Lipinski definition) is 7. The lowest BCUT2D eigenvalue weighted by Crippen LogP contribution is -2.27. The normalized spacial score (nSPS) is 12.8. The van der Waals surface area contributed by atoms with E-state index in [1.807, 2.05) is 0 Å². The first-order valence-electron chi connectivity index (χ1n) is 9.66. The molecule has 1 atom stereocenters. The number of carbonyl (C=O) groups is 1. The number of aryl methyl sites for hydroxylation is 1. The molecular weight excluding hydrogens is 403 g/mol. The molecule has 0 aliphatic rings. The number of aliphatic hydroxyl groups is 1. The van der Waals surface area contributed by atoms with Gasteiger partial charge in [-0.05, 0) is 57.5 Å². The average molecular weight is 424 g/mol. The van der Waals surface area contributed by atoms with Gasteiger partial charge in [-0.15, -0.1) is 0 Å². The van der Waals surface area contributed by atoms with Crippen LogP contribution in [0.4, 0.5) is 4.39 Å². The minimum Gasteiger partial charge on any atom is -0.437 e. The maximum absolute atomic E-state index is 13.4. The van der Waals surface area contributed by atoms with E-state index < -0.39 is 11.6 Å². The topological polar surface area (TPSA) is 114 Å². The first-order chi connectivity index (χ1) is 14.6. The van der Waals surface area contributed by atoms with E-state index in [1.54, 1.807) is 52.0 Å². The Kier molecular flexibility index (Phi) is 5.06. The van der Waals surface area contributed by atoms with Crippen LogP contribution < -0.4 is 5.32 Å². The maximum Gasteiger partial charge on any atom is 0.252 e. The predicted molar refractivity (Wildman–Crippen MR) is 110 cm³/mol. The van der Waals surface area contributed by atoms with E-state index in [0.717, 1.165) is 0 Å². The van der Waals surface area contributed by atoms with Crippen molar-refractivity contribution in [3.8, 4) is 11.1 Å². The predicted octanol–water partition coefficient (Wildman–Crippen LogP) is 4.04. The van der Waals surface area contributed by atoms with E-state index in [9.17, 15) is 14.3 Å². The molecule has 31 heavy (non-hydrogen) atoms.